The van der Waals surface area contributed by atoms with Crippen molar-refractivity contribution >= 4 is 23.5 Å². The zero-order valence-corrected chi connectivity index (χ0v) is 9.66. The highest BCUT2D eigenvalue weighted by Crippen LogP contribution is 2.31. The molecule has 0 spiro atoms. The highest BCUT2D eigenvalue weighted by molar-refractivity contribution is 6.25. The lowest BCUT2D eigenvalue weighted by Gasteiger charge is -2.20. The van der Waals surface area contributed by atoms with Crippen LogP contribution in [0, 0.1) is 6.92 Å². The van der Waals surface area contributed by atoms with Crippen LogP contribution in [-0.4, -0.2) is 11.9 Å². The van der Waals surface area contributed by atoms with Gasteiger partial charge in [0.15, 0.2) is 0 Å². The van der Waals surface area contributed by atoms with Crippen molar-refractivity contribution in [2.75, 3.05) is 0 Å². The fraction of sp³-hybridized carbons (Fsp3) is 0.250. The first kappa shape index (κ1) is 12.7. The molecule has 1 aromatic carbocycles. The molecule has 0 N–H and O–H groups in total. The van der Waals surface area contributed by atoms with Gasteiger partial charge >= 0.3 is 11.9 Å². The van der Waals surface area contributed by atoms with E-state index in [9.17, 15) is 9.59 Å². The van der Waals surface area contributed by atoms with Crippen LogP contribution < -0.4 is 0 Å². The molecule has 0 aliphatic heterocycles. The van der Waals surface area contributed by atoms with Crippen molar-refractivity contribution in [3.8, 4) is 0 Å². The van der Waals surface area contributed by atoms with E-state index in [0.29, 0.717) is 5.56 Å². The molecule has 16 heavy (non-hydrogen) atoms. The van der Waals surface area contributed by atoms with Crippen molar-refractivity contribution in [3.05, 3.63) is 42.8 Å². The highest BCUT2D eigenvalue weighted by atomic mass is 35.5. The second-order valence-corrected chi connectivity index (χ2v) is 4.20. The molecule has 3 nitrogen and oxygen atoms in total. The van der Waals surface area contributed by atoms with Crippen LogP contribution in [0.5, 0.6) is 0 Å². The van der Waals surface area contributed by atoms with Crippen molar-refractivity contribution in [1.82, 2.24) is 0 Å². The molecule has 1 aromatic rings. The van der Waals surface area contributed by atoms with Crippen LogP contribution in [-0.2, 0) is 19.2 Å². The van der Waals surface area contributed by atoms with Crippen LogP contribution in [0.4, 0.5) is 0 Å². The van der Waals surface area contributed by atoms with Gasteiger partial charge in [-0.05, 0) is 12.5 Å². The van der Waals surface area contributed by atoms with Gasteiger partial charge in [-0.15, -0.1) is 11.6 Å². The van der Waals surface area contributed by atoms with E-state index in [1.54, 1.807) is 24.3 Å². The van der Waals surface area contributed by atoms with Gasteiger partial charge in [-0.2, -0.15) is 0 Å². The first-order chi connectivity index (χ1) is 7.42. The Balaban J connectivity index is 2.72. The maximum absolute atomic E-state index is 11.3. The monoisotopic (exact) mass is 239 g/mol. The summed E-state index contributed by atoms with van der Waals surface area (Å²) < 4.78 is 4.41. The fourth-order valence-electron chi connectivity index (χ4n) is 1.26. The second kappa shape index (κ2) is 5.12. The SMILES string of the molecule is [CH2]C(Cl)(CC(=O)OC(C)=O)c1ccccc1. The number of alkyl halides is 1. The van der Waals surface area contributed by atoms with E-state index in [4.69, 9.17) is 11.6 Å². The maximum Gasteiger partial charge on any atom is 0.315 e. The molecule has 0 heterocycles. The molecule has 1 atom stereocenters. The summed E-state index contributed by atoms with van der Waals surface area (Å²) >= 11 is 6.12. The van der Waals surface area contributed by atoms with Gasteiger partial charge in [-0.3, -0.25) is 9.59 Å². The Kier molecular flexibility index (Phi) is 4.07. The molecule has 0 aliphatic carbocycles. The van der Waals surface area contributed by atoms with Crippen molar-refractivity contribution in [2.24, 2.45) is 0 Å². The summed E-state index contributed by atoms with van der Waals surface area (Å²) in [5.74, 6) is -1.33. The van der Waals surface area contributed by atoms with Crippen molar-refractivity contribution in [1.29, 1.82) is 0 Å². The van der Waals surface area contributed by atoms with E-state index in [0.717, 1.165) is 0 Å². The fourth-order valence-corrected chi connectivity index (χ4v) is 1.50. The van der Waals surface area contributed by atoms with E-state index in [1.807, 2.05) is 6.07 Å². The largest absolute Gasteiger partial charge is 0.393 e. The predicted octanol–water partition coefficient (Wildman–Crippen LogP) is 2.43. The van der Waals surface area contributed by atoms with Crippen LogP contribution in [0.3, 0.4) is 0 Å². The first-order valence-corrected chi connectivity index (χ1v) is 5.10. The molecule has 1 rings (SSSR count). The Morgan fingerprint density at radius 1 is 1.38 bits per heavy atom. The number of hydrogen-bond donors (Lipinski definition) is 0. The smallest absolute Gasteiger partial charge is 0.315 e. The number of rotatable bonds is 3. The third-order valence-electron chi connectivity index (χ3n) is 1.97. The number of halogens is 1. The normalized spacial score (nSPS) is 13.9. The average molecular weight is 240 g/mol. The quantitative estimate of drug-likeness (QED) is 0.462. The minimum atomic E-state index is -1.10. The van der Waals surface area contributed by atoms with E-state index < -0.39 is 16.8 Å². The lowest BCUT2D eigenvalue weighted by Crippen LogP contribution is -2.22. The molecular weight excluding hydrogens is 228 g/mol. The number of ether oxygens (including phenoxy) is 1. The average Bonchev–Trinajstić information content (AvgIpc) is 2.16. The molecule has 1 radical (unpaired) electrons. The van der Waals surface area contributed by atoms with E-state index in [2.05, 4.69) is 11.7 Å². The highest BCUT2D eigenvalue weighted by Gasteiger charge is 2.28. The van der Waals surface area contributed by atoms with Crippen molar-refractivity contribution in [3.63, 3.8) is 0 Å². The van der Waals surface area contributed by atoms with Gasteiger partial charge in [0, 0.05) is 6.92 Å². The Hall–Kier alpha value is -1.35. The van der Waals surface area contributed by atoms with Crippen LogP contribution in [0.1, 0.15) is 18.9 Å². The summed E-state index contributed by atoms with van der Waals surface area (Å²) in [6, 6.07) is 8.97. The molecule has 0 saturated heterocycles. The van der Waals surface area contributed by atoms with Gasteiger partial charge in [0.25, 0.3) is 0 Å². The molecule has 0 fully saturated rings. The molecule has 0 aliphatic rings. The van der Waals surface area contributed by atoms with Gasteiger partial charge in [0.1, 0.15) is 0 Å². The van der Waals surface area contributed by atoms with E-state index in [1.165, 1.54) is 6.92 Å². The second-order valence-electron chi connectivity index (χ2n) is 3.47. The van der Waals surface area contributed by atoms with Crippen molar-refractivity contribution in [2.45, 2.75) is 18.2 Å². The lowest BCUT2D eigenvalue weighted by molar-refractivity contribution is -0.158. The van der Waals surface area contributed by atoms with E-state index >= 15 is 0 Å². The minimum Gasteiger partial charge on any atom is -0.393 e. The summed E-state index contributed by atoms with van der Waals surface area (Å²) in [7, 11) is 0. The third-order valence-corrected chi connectivity index (χ3v) is 2.33. The number of carbonyl (C=O) groups is 2. The standard InChI is InChI=1S/C12H12ClO3/c1-9(14)16-11(15)8-12(2,13)10-6-4-3-5-7-10/h3-7H,2,8H2,1H3. The van der Waals surface area contributed by atoms with Crippen LogP contribution in [0.2, 0.25) is 0 Å². The zero-order valence-electron chi connectivity index (χ0n) is 8.90. The maximum atomic E-state index is 11.3. The lowest BCUT2D eigenvalue weighted by atomic mass is 9.97. The Morgan fingerprint density at radius 2 is 1.94 bits per heavy atom. The number of hydrogen-bond acceptors (Lipinski definition) is 3. The van der Waals surface area contributed by atoms with Gasteiger partial charge < -0.3 is 4.74 Å². The summed E-state index contributed by atoms with van der Waals surface area (Å²) in [5, 5.41) is 0. The number of esters is 2. The molecule has 0 bridgehead atoms. The Morgan fingerprint density at radius 3 is 2.44 bits per heavy atom. The van der Waals surface area contributed by atoms with Crippen LogP contribution >= 0.6 is 11.6 Å². The number of carbonyl (C=O) groups excluding carboxylic acids is 2. The van der Waals surface area contributed by atoms with Gasteiger partial charge in [0.05, 0.1) is 11.3 Å². The predicted molar refractivity (Wildman–Crippen MR) is 60.7 cm³/mol. The summed E-state index contributed by atoms with van der Waals surface area (Å²) in [6.07, 6.45) is -0.155. The molecular formula is C12H12ClO3. The van der Waals surface area contributed by atoms with Crippen molar-refractivity contribution < 1.29 is 14.3 Å². The minimum absolute atomic E-state index is 0.155. The molecule has 0 saturated carbocycles. The topological polar surface area (TPSA) is 43.4 Å². The molecule has 0 aromatic heterocycles. The Bertz CT molecular complexity index is 385. The van der Waals surface area contributed by atoms with Gasteiger partial charge in [-0.1, -0.05) is 30.3 Å². The van der Waals surface area contributed by atoms with Gasteiger partial charge in [-0.25, -0.2) is 0 Å². The summed E-state index contributed by atoms with van der Waals surface area (Å²) in [6.45, 7) is 4.91. The molecule has 0 amide bonds. The van der Waals surface area contributed by atoms with Gasteiger partial charge in [0.2, 0.25) is 0 Å². The molecule has 4 heteroatoms. The van der Waals surface area contributed by atoms with E-state index in [-0.39, 0.29) is 6.42 Å². The first-order valence-electron chi connectivity index (χ1n) is 4.73. The molecule has 85 valence electrons. The number of benzene rings is 1. The molecule has 1 unspecified atom stereocenters. The summed E-state index contributed by atoms with van der Waals surface area (Å²) in [4.78, 5) is 20.7. The van der Waals surface area contributed by atoms with Crippen LogP contribution in [0.15, 0.2) is 30.3 Å². The summed E-state index contributed by atoms with van der Waals surface area (Å²) in [5.41, 5.74) is 0.706. The Labute approximate surface area is 99.4 Å². The zero-order chi connectivity index (χ0) is 12.2. The van der Waals surface area contributed by atoms with Crippen LogP contribution in [0.25, 0.3) is 0 Å². The third kappa shape index (κ3) is 3.66.